The summed E-state index contributed by atoms with van der Waals surface area (Å²) in [6.07, 6.45) is -0.198. The minimum atomic E-state index is -1.10. The molecule has 96 valence electrons. The SMILES string of the molecule is N#Cc1ccc(F)cc1Cc1nc(Cl)[nH]c(=O)c1F. The molecule has 0 fully saturated rings. The maximum absolute atomic E-state index is 13.6. The lowest BCUT2D eigenvalue weighted by Gasteiger charge is -2.05. The highest BCUT2D eigenvalue weighted by Crippen LogP contribution is 2.16. The summed E-state index contributed by atoms with van der Waals surface area (Å²) in [5.41, 5.74) is -0.838. The van der Waals surface area contributed by atoms with E-state index < -0.39 is 17.2 Å². The van der Waals surface area contributed by atoms with Crippen molar-refractivity contribution in [3.63, 3.8) is 0 Å². The van der Waals surface area contributed by atoms with Crippen LogP contribution in [0.15, 0.2) is 23.0 Å². The molecule has 1 aromatic heterocycles. The molecule has 0 aliphatic carbocycles. The molecular formula is C12H6ClF2N3O. The van der Waals surface area contributed by atoms with Crippen molar-refractivity contribution in [2.45, 2.75) is 6.42 Å². The van der Waals surface area contributed by atoms with Crippen molar-refractivity contribution in [1.29, 1.82) is 5.26 Å². The first-order chi connectivity index (χ1) is 9.01. The van der Waals surface area contributed by atoms with Crippen LogP contribution in [0.1, 0.15) is 16.8 Å². The van der Waals surface area contributed by atoms with Crippen molar-refractivity contribution in [3.8, 4) is 6.07 Å². The van der Waals surface area contributed by atoms with Crippen LogP contribution >= 0.6 is 11.6 Å². The fraction of sp³-hybridized carbons (Fsp3) is 0.0833. The van der Waals surface area contributed by atoms with E-state index in [-0.39, 0.29) is 28.5 Å². The van der Waals surface area contributed by atoms with Crippen molar-refractivity contribution in [2.24, 2.45) is 0 Å². The molecule has 0 bridgehead atoms. The zero-order chi connectivity index (χ0) is 14.0. The number of nitrogens with one attached hydrogen (secondary N) is 1. The summed E-state index contributed by atoms with van der Waals surface area (Å²) < 4.78 is 26.7. The van der Waals surface area contributed by atoms with Gasteiger partial charge in [-0.3, -0.25) is 9.78 Å². The summed E-state index contributed by atoms with van der Waals surface area (Å²) in [6, 6.07) is 5.34. The van der Waals surface area contributed by atoms with Crippen LogP contribution in [0.5, 0.6) is 0 Å². The van der Waals surface area contributed by atoms with Gasteiger partial charge in [0, 0.05) is 6.42 Å². The van der Waals surface area contributed by atoms with Gasteiger partial charge in [0.15, 0.2) is 0 Å². The third kappa shape index (κ3) is 2.77. The molecule has 0 saturated carbocycles. The molecule has 0 atom stereocenters. The Morgan fingerprint density at radius 2 is 2.16 bits per heavy atom. The van der Waals surface area contributed by atoms with Crippen molar-refractivity contribution in [1.82, 2.24) is 9.97 Å². The summed E-state index contributed by atoms with van der Waals surface area (Å²) in [5, 5.41) is 8.62. The Bertz CT molecular complexity index is 737. The number of nitriles is 1. The predicted molar refractivity (Wildman–Crippen MR) is 63.7 cm³/mol. The molecule has 0 amide bonds. The highest BCUT2D eigenvalue weighted by Gasteiger charge is 2.13. The molecule has 0 saturated heterocycles. The lowest BCUT2D eigenvalue weighted by molar-refractivity contribution is 0.581. The van der Waals surface area contributed by atoms with Crippen LogP contribution < -0.4 is 5.56 Å². The number of aromatic amines is 1. The highest BCUT2D eigenvalue weighted by molar-refractivity contribution is 6.28. The Morgan fingerprint density at radius 3 is 2.84 bits per heavy atom. The van der Waals surface area contributed by atoms with Gasteiger partial charge in [0.1, 0.15) is 5.82 Å². The maximum Gasteiger partial charge on any atom is 0.288 e. The van der Waals surface area contributed by atoms with E-state index in [1.807, 2.05) is 11.1 Å². The molecule has 0 aliphatic rings. The lowest BCUT2D eigenvalue weighted by atomic mass is 10.0. The second-order valence-electron chi connectivity index (χ2n) is 3.71. The first-order valence-corrected chi connectivity index (χ1v) is 5.51. The van der Waals surface area contributed by atoms with Gasteiger partial charge in [-0.05, 0) is 35.4 Å². The number of benzene rings is 1. The second kappa shape index (κ2) is 5.16. The van der Waals surface area contributed by atoms with Gasteiger partial charge in [-0.2, -0.15) is 9.65 Å². The van der Waals surface area contributed by atoms with Crippen LogP contribution in [0.2, 0.25) is 5.28 Å². The molecule has 0 unspecified atom stereocenters. The van der Waals surface area contributed by atoms with E-state index in [0.29, 0.717) is 0 Å². The maximum atomic E-state index is 13.6. The number of hydrogen-bond donors (Lipinski definition) is 1. The number of H-pyrrole nitrogens is 1. The van der Waals surface area contributed by atoms with Crippen LogP contribution in [0.3, 0.4) is 0 Å². The Balaban J connectivity index is 2.51. The molecule has 2 aromatic rings. The van der Waals surface area contributed by atoms with Crippen molar-refractivity contribution < 1.29 is 8.78 Å². The topological polar surface area (TPSA) is 69.5 Å². The van der Waals surface area contributed by atoms with Crippen LogP contribution in [0.4, 0.5) is 8.78 Å². The predicted octanol–water partition coefficient (Wildman–Crippen LogP) is 2.16. The number of aromatic nitrogens is 2. The van der Waals surface area contributed by atoms with E-state index in [1.165, 1.54) is 6.07 Å². The minimum Gasteiger partial charge on any atom is -0.295 e. The van der Waals surface area contributed by atoms with Gasteiger partial charge in [0.2, 0.25) is 11.1 Å². The first-order valence-electron chi connectivity index (χ1n) is 5.14. The Labute approximate surface area is 111 Å². The Morgan fingerprint density at radius 1 is 1.42 bits per heavy atom. The summed E-state index contributed by atoms with van der Waals surface area (Å²) in [5.74, 6) is -1.66. The van der Waals surface area contributed by atoms with Gasteiger partial charge in [0.25, 0.3) is 5.56 Å². The van der Waals surface area contributed by atoms with Crippen LogP contribution in [0.25, 0.3) is 0 Å². The molecule has 4 nitrogen and oxygen atoms in total. The van der Waals surface area contributed by atoms with E-state index in [2.05, 4.69) is 4.98 Å². The van der Waals surface area contributed by atoms with Crippen LogP contribution in [-0.2, 0) is 6.42 Å². The fourth-order valence-electron chi connectivity index (χ4n) is 1.59. The van der Waals surface area contributed by atoms with E-state index in [9.17, 15) is 13.6 Å². The molecule has 19 heavy (non-hydrogen) atoms. The molecule has 0 radical (unpaired) electrons. The third-order valence-electron chi connectivity index (χ3n) is 2.45. The van der Waals surface area contributed by atoms with Crippen molar-refractivity contribution >= 4 is 11.6 Å². The van der Waals surface area contributed by atoms with E-state index in [4.69, 9.17) is 16.9 Å². The van der Waals surface area contributed by atoms with Gasteiger partial charge in [-0.1, -0.05) is 0 Å². The van der Waals surface area contributed by atoms with E-state index >= 15 is 0 Å². The summed E-state index contributed by atoms with van der Waals surface area (Å²) in [7, 11) is 0. The second-order valence-corrected chi connectivity index (χ2v) is 4.07. The molecule has 1 heterocycles. The van der Waals surface area contributed by atoms with Crippen molar-refractivity contribution in [3.05, 3.63) is 62.3 Å². The normalized spacial score (nSPS) is 10.2. The molecule has 1 N–H and O–H groups in total. The molecule has 1 aromatic carbocycles. The summed E-state index contributed by atoms with van der Waals surface area (Å²) >= 11 is 5.52. The van der Waals surface area contributed by atoms with Gasteiger partial charge in [-0.25, -0.2) is 9.37 Å². The van der Waals surface area contributed by atoms with E-state index in [1.54, 1.807) is 0 Å². The molecule has 0 spiro atoms. The zero-order valence-electron chi connectivity index (χ0n) is 9.38. The number of rotatable bonds is 2. The fourth-order valence-corrected chi connectivity index (χ4v) is 1.78. The standard InChI is InChI=1S/C12H6ClF2N3O/c13-12-17-9(10(15)11(19)18-12)4-7-3-8(14)2-1-6(7)5-16/h1-3H,4H2,(H,17,18,19). The first kappa shape index (κ1) is 13.2. The average Bonchev–Trinajstić information content (AvgIpc) is 2.35. The minimum absolute atomic E-state index is 0.180. The quantitative estimate of drug-likeness (QED) is 0.858. The molecular weight excluding hydrogens is 276 g/mol. The largest absolute Gasteiger partial charge is 0.295 e. The highest BCUT2D eigenvalue weighted by atomic mass is 35.5. The monoisotopic (exact) mass is 281 g/mol. The molecule has 7 heteroatoms. The van der Waals surface area contributed by atoms with Gasteiger partial charge in [-0.15, -0.1) is 0 Å². The summed E-state index contributed by atoms with van der Waals surface area (Å²) in [4.78, 5) is 16.8. The molecule has 2 rings (SSSR count). The van der Waals surface area contributed by atoms with Crippen LogP contribution in [0, 0.1) is 23.0 Å². The smallest absolute Gasteiger partial charge is 0.288 e. The Hall–Kier alpha value is -2.26. The lowest BCUT2D eigenvalue weighted by Crippen LogP contribution is -2.16. The summed E-state index contributed by atoms with van der Waals surface area (Å²) in [6.45, 7) is 0. The zero-order valence-corrected chi connectivity index (χ0v) is 10.1. The van der Waals surface area contributed by atoms with Crippen LogP contribution in [-0.4, -0.2) is 9.97 Å². The molecule has 0 aliphatic heterocycles. The average molecular weight is 282 g/mol. The Kier molecular flexibility index (Phi) is 3.58. The van der Waals surface area contributed by atoms with Gasteiger partial charge < -0.3 is 0 Å². The third-order valence-corrected chi connectivity index (χ3v) is 2.63. The van der Waals surface area contributed by atoms with E-state index in [0.717, 1.165) is 12.1 Å². The number of nitrogens with zero attached hydrogens (tertiary/aromatic N) is 2. The van der Waals surface area contributed by atoms with Gasteiger partial charge in [0.05, 0.1) is 17.3 Å². The number of hydrogen-bond acceptors (Lipinski definition) is 3. The van der Waals surface area contributed by atoms with Crippen molar-refractivity contribution in [2.75, 3.05) is 0 Å². The number of halogens is 3. The van der Waals surface area contributed by atoms with Gasteiger partial charge >= 0.3 is 0 Å².